The van der Waals surface area contributed by atoms with Crippen LogP contribution in [0.15, 0.2) is 30.5 Å². The molecule has 0 spiro atoms. The van der Waals surface area contributed by atoms with Crippen LogP contribution >= 0.6 is 0 Å². The zero-order chi connectivity index (χ0) is 22.5. The lowest BCUT2D eigenvalue weighted by molar-refractivity contribution is 0.0923. The zero-order valence-corrected chi connectivity index (χ0v) is 19.4. The first-order valence-corrected chi connectivity index (χ1v) is 11.8. The molecule has 0 aliphatic carbocycles. The van der Waals surface area contributed by atoms with Crippen molar-refractivity contribution in [1.29, 1.82) is 0 Å². The molecule has 172 valence electrons. The molecule has 0 saturated carbocycles. The van der Waals surface area contributed by atoms with Crippen LogP contribution in [0.5, 0.6) is 0 Å². The predicted molar refractivity (Wildman–Crippen MR) is 128 cm³/mol. The van der Waals surface area contributed by atoms with Crippen LogP contribution in [-0.2, 0) is 6.42 Å². The van der Waals surface area contributed by atoms with Crippen molar-refractivity contribution >= 4 is 22.8 Å². The van der Waals surface area contributed by atoms with E-state index in [1.54, 1.807) is 0 Å². The van der Waals surface area contributed by atoms with Crippen LogP contribution in [0.2, 0.25) is 0 Å². The largest absolute Gasteiger partial charge is 0.361 e. The third-order valence-corrected chi connectivity index (χ3v) is 6.38. The number of hydrogen-bond donors (Lipinski definition) is 3. The van der Waals surface area contributed by atoms with Gasteiger partial charge in [-0.15, -0.1) is 10.2 Å². The Hall–Kier alpha value is -2.87. The minimum Gasteiger partial charge on any atom is -0.361 e. The van der Waals surface area contributed by atoms with Crippen molar-refractivity contribution in [3.05, 3.63) is 41.9 Å². The molecule has 1 unspecified atom stereocenters. The number of aromatic amines is 2. The number of piperazine rings is 1. The van der Waals surface area contributed by atoms with E-state index in [2.05, 4.69) is 80.4 Å². The summed E-state index contributed by atoms with van der Waals surface area (Å²) in [5.41, 5.74) is 2.35. The van der Waals surface area contributed by atoms with Gasteiger partial charge in [0.05, 0.1) is 0 Å². The van der Waals surface area contributed by atoms with E-state index in [1.165, 1.54) is 10.9 Å². The molecule has 1 atom stereocenters. The summed E-state index contributed by atoms with van der Waals surface area (Å²) in [6, 6.07) is 8.33. The molecule has 4 rings (SSSR count). The molecular formula is C24H35N7O. The number of benzene rings is 1. The Balaban J connectivity index is 1.42. The number of nitrogens with one attached hydrogen (secondary N) is 3. The molecule has 0 bridgehead atoms. The second-order valence-electron chi connectivity index (χ2n) is 9.12. The van der Waals surface area contributed by atoms with Crippen molar-refractivity contribution in [1.82, 2.24) is 30.4 Å². The van der Waals surface area contributed by atoms with Gasteiger partial charge in [0.1, 0.15) is 0 Å². The third-order valence-electron chi connectivity index (χ3n) is 6.38. The number of anilines is 1. The van der Waals surface area contributed by atoms with Gasteiger partial charge in [0, 0.05) is 49.3 Å². The highest BCUT2D eigenvalue weighted by Crippen LogP contribution is 2.21. The van der Waals surface area contributed by atoms with E-state index in [9.17, 15) is 4.79 Å². The van der Waals surface area contributed by atoms with Gasteiger partial charge in [-0.1, -0.05) is 39.0 Å². The third kappa shape index (κ3) is 5.30. The number of amides is 1. The summed E-state index contributed by atoms with van der Waals surface area (Å²) in [6.45, 7) is 11.5. The van der Waals surface area contributed by atoms with Gasteiger partial charge < -0.3 is 25.1 Å². The van der Waals surface area contributed by atoms with E-state index in [-0.39, 0.29) is 17.8 Å². The summed E-state index contributed by atoms with van der Waals surface area (Å²) in [5.74, 6) is 1.35. The first kappa shape index (κ1) is 22.3. The average molecular weight is 438 g/mol. The van der Waals surface area contributed by atoms with Gasteiger partial charge in [-0.25, -0.2) is 0 Å². The molecule has 1 fully saturated rings. The Kier molecular flexibility index (Phi) is 7.09. The molecule has 3 heterocycles. The number of hydrogen-bond acceptors (Lipinski definition) is 5. The molecule has 1 aliphatic heterocycles. The molecule has 2 aromatic heterocycles. The van der Waals surface area contributed by atoms with E-state index in [4.69, 9.17) is 0 Å². The van der Waals surface area contributed by atoms with Crippen LogP contribution in [0.4, 0.5) is 5.95 Å². The molecular weight excluding hydrogens is 402 g/mol. The van der Waals surface area contributed by atoms with Crippen LogP contribution in [0.3, 0.4) is 0 Å². The molecule has 1 amide bonds. The second kappa shape index (κ2) is 10.2. The fraction of sp³-hybridized carbons (Fsp3) is 0.542. The summed E-state index contributed by atoms with van der Waals surface area (Å²) in [6.07, 6.45) is 4.81. The van der Waals surface area contributed by atoms with Crippen LogP contribution in [-0.4, -0.2) is 69.7 Å². The minimum atomic E-state index is -0.190. The lowest BCUT2D eigenvalue weighted by Crippen LogP contribution is -2.46. The van der Waals surface area contributed by atoms with Gasteiger partial charge in [-0.3, -0.25) is 4.79 Å². The van der Waals surface area contributed by atoms with Gasteiger partial charge >= 0.3 is 0 Å². The van der Waals surface area contributed by atoms with E-state index >= 15 is 0 Å². The highest BCUT2D eigenvalue weighted by atomic mass is 16.2. The molecule has 1 saturated heterocycles. The second-order valence-corrected chi connectivity index (χ2v) is 9.12. The number of likely N-dealkylation sites (N-methyl/N-ethyl adjacent to an activating group) is 1. The van der Waals surface area contributed by atoms with Crippen molar-refractivity contribution in [3.8, 4) is 0 Å². The topological polar surface area (TPSA) is 92.9 Å². The fourth-order valence-electron chi connectivity index (χ4n) is 4.35. The zero-order valence-electron chi connectivity index (χ0n) is 19.4. The molecule has 0 radical (unpaired) electrons. The molecule has 1 aliphatic rings. The van der Waals surface area contributed by atoms with E-state index in [0.29, 0.717) is 11.9 Å². The van der Waals surface area contributed by atoms with E-state index in [1.807, 2.05) is 6.07 Å². The first-order valence-electron chi connectivity index (χ1n) is 11.8. The lowest BCUT2D eigenvalue weighted by Gasteiger charge is -2.33. The maximum Gasteiger partial charge on any atom is 0.289 e. The van der Waals surface area contributed by atoms with Crippen molar-refractivity contribution in [2.45, 2.75) is 46.1 Å². The Morgan fingerprint density at radius 2 is 1.91 bits per heavy atom. The average Bonchev–Trinajstić information content (AvgIpc) is 3.45. The Labute approximate surface area is 189 Å². The van der Waals surface area contributed by atoms with E-state index < -0.39 is 0 Å². The van der Waals surface area contributed by atoms with Crippen molar-refractivity contribution in [3.63, 3.8) is 0 Å². The van der Waals surface area contributed by atoms with Crippen LogP contribution < -0.4 is 10.2 Å². The maximum absolute atomic E-state index is 13.0. The molecule has 8 nitrogen and oxygen atoms in total. The van der Waals surface area contributed by atoms with Gasteiger partial charge in [0.15, 0.2) is 0 Å². The summed E-state index contributed by atoms with van der Waals surface area (Å²) >= 11 is 0. The summed E-state index contributed by atoms with van der Waals surface area (Å²) < 4.78 is 0. The number of fused-ring (bicyclic) bond motifs is 1. The number of H-pyrrole nitrogens is 2. The quantitative estimate of drug-likeness (QED) is 0.478. The molecule has 32 heavy (non-hydrogen) atoms. The Morgan fingerprint density at radius 1 is 1.12 bits per heavy atom. The smallest absolute Gasteiger partial charge is 0.289 e. The van der Waals surface area contributed by atoms with Crippen LogP contribution in [0.25, 0.3) is 10.9 Å². The van der Waals surface area contributed by atoms with Crippen molar-refractivity contribution < 1.29 is 4.79 Å². The normalized spacial score (nSPS) is 16.1. The molecule has 3 aromatic rings. The number of rotatable bonds is 9. The molecule has 8 heteroatoms. The summed E-state index contributed by atoms with van der Waals surface area (Å²) in [7, 11) is 0. The monoisotopic (exact) mass is 437 g/mol. The fourth-order valence-corrected chi connectivity index (χ4v) is 4.35. The Bertz CT molecular complexity index is 1020. The van der Waals surface area contributed by atoms with Crippen molar-refractivity contribution in [2.24, 2.45) is 5.92 Å². The van der Waals surface area contributed by atoms with Crippen molar-refractivity contribution in [2.75, 3.05) is 37.6 Å². The number of nitrogens with zero attached hydrogens (tertiary/aromatic N) is 4. The number of carbonyl (C=O) groups is 1. The van der Waals surface area contributed by atoms with Gasteiger partial charge in [-0.2, -0.15) is 0 Å². The summed E-state index contributed by atoms with van der Waals surface area (Å²) in [5, 5.41) is 12.8. The first-order chi connectivity index (χ1) is 15.5. The summed E-state index contributed by atoms with van der Waals surface area (Å²) in [4.78, 5) is 24.1. The highest BCUT2D eigenvalue weighted by molar-refractivity contribution is 5.91. The molecule has 1 aromatic carbocycles. The minimum absolute atomic E-state index is 0.0331. The Morgan fingerprint density at radius 3 is 2.66 bits per heavy atom. The standard InChI is InChI=1S/C24H35N7O/c1-4-30-11-13-31(14-12-30)24-27-22(28-29-24)23(32)26-19(10-9-17(2)3)15-18-16-25-21-8-6-5-7-20(18)21/h5-8,16-17,19,25H,4,9-15H2,1-3H3,(H,26,32)(H,27,28,29). The van der Waals surface area contributed by atoms with Gasteiger partial charge in [-0.05, 0) is 43.4 Å². The van der Waals surface area contributed by atoms with Gasteiger partial charge in [0.25, 0.3) is 5.91 Å². The SMILES string of the molecule is CCN1CCN(c2nnc(C(=O)NC(CCC(C)C)Cc3c[nH]c4ccccc34)[nH]2)CC1. The number of para-hydroxylation sites is 1. The van der Waals surface area contributed by atoms with Crippen LogP contribution in [0, 0.1) is 5.92 Å². The number of aromatic nitrogens is 4. The lowest BCUT2D eigenvalue weighted by atomic mass is 9.97. The highest BCUT2D eigenvalue weighted by Gasteiger charge is 2.22. The van der Waals surface area contributed by atoms with E-state index in [0.717, 1.165) is 57.5 Å². The number of carbonyl (C=O) groups excluding carboxylic acids is 1. The predicted octanol–water partition coefficient (Wildman–Crippen LogP) is 3.21. The molecule has 3 N–H and O–H groups in total. The van der Waals surface area contributed by atoms with Gasteiger partial charge in [0.2, 0.25) is 11.8 Å². The maximum atomic E-state index is 13.0. The van der Waals surface area contributed by atoms with Crippen LogP contribution in [0.1, 0.15) is 49.8 Å².